The van der Waals surface area contributed by atoms with Crippen molar-refractivity contribution in [2.24, 2.45) is 5.73 Å². The highest BCUT2D eigenvalue weighted by Crippen LogP contribution is 2.44. The smallest absolute Gasteiger partial charge is 0.308 e. The van der Waals surface area contributed by atoms with Crippen molar-refractivity contribution in [1.82, 2.24) is 0 Å². The van der Waals surface area contributed by atoms with Crippen LogP contribution in [-0.4, -0.2) is 6.03 Å². The van der Waals surface area contributed by atoms with Crippen LogP contribution in [0, 0.1) is 0 Å². The molecule has 0 bridgehead atoms. The van der Waals surface area contributed by atoms with Crippen molar-refractivity contribution in [2.45, 2.75) is 11.1 Å². The number of urea groups is 1. The lowest BCUT2D eigenvalue weighted by molar-refractivity contribution is 0.262. The molecule has 3 aromatic carbocycles. The maximum Gasteiger partial charge on any atom is 0.323 e. The molecular weight excluding hydrogens is 344 g/mol. The van der Waals surface area contributed by atoms with Crippen LogP contribution in [-0.2, 0) is 0 Å². The minimum atomic E-state index is -0.274. The van der Waals surface area contributed by atoms with Crippen molar-refractivity contribution < 1.29 is 4.79 Å². The number of nitrogens with zero attached hydrogens (tertiary/aromatic N) is 1. The lowest BCUT2D eigenvalue weighted by Gasteiger charge is -2.22. The normalized spacial score (nSPS) is 15.4. The van der Waals surface area contributed by atoms with Crippen LogP contribution in [0.15, 0.2) is 83.8 Å². The molecule has 1 unspecified atom stereocenters. The Kier molecular flexibility index (Phi) is 4.51. The van der Waals surface area contributed by atoms with Crippen LogP contribution in [0.3, 0.4) is 0 Å². The molecule has 26 heavy (non-hydrogen) atoms. The average Bonchev–Trinajstić information content (AvgIpc) is 3.00. The number of anilines is 3. The second-order valence-corrected chi connectivity index (χ2v) is 6.91. The molecule has 0 saturated heterocycles. The number of carbonyl (C=O) groups excluding carboxylic acids is 1. The Hall–Kier alpha value is -2.96. The molecule has 0 aliphatic carbocycles. The molecule has 4 N–H and O–H groups in total. The molecule has 1 atom stereocenters. The highest BCUT2D eigenvalue weighted by atomic mass is 32.2. The Morgan fingerprint density at radius 3 is 2.15 bits per heavy atom. The van der Waals surface area contributed by atoms with Gasteiger partial charge in [-0.3, -0.25) is 4.31 Å². The molecule has 0 fully saturated rings. The molecule has 1 aliphatic rings. The van der Waals surface area contributed by atoms with Crippen LogP contribution in [0.4, 0.5) is 21.9 Å². The van der Waals surface area contributed by atoms with E-state index in [9.17, 15) is 4.79 Å². The van der Waals surface area contributed by atoms with Gasteiger partial charge in [-0.15, -0.1) is 0 Å². The third-order valence-electron chi connectivity index (χ3n) is 4.10. The molecule has 4 rings (SSSR count). The number of hydrogen-bond donors (Lipinski definition) is 3. The molecule has 130 valence electrons. The summed E-state index contributed by atoms with van der Waals surface area (Å²) < 4.78 is 2.07. The summed E-state index contributed by atoms with van der Waals surface area (Å²) in [5.74, 6) is 0. The van der Waals surface area contributed by atoms with Crippen LogP contribution in [0.1, 0.15) is 11.7 Å². The zero-order valence-corrected chi connectivity index (χ0v) is 14.7. The SMILES string of the molecule is NC1c2ccccc2SN1c1ccc(NC(=O)Nc2ccccc2)cc1. The predicted octanol–water partition coefficient (Wildman–Crippen LogP) is 4.82. The molecule has 5 nitrogen and oxygen atoms in total. The van der Waals surface area contributed by atoms with Gasteiger partial charge in [0.1, 0.15) is 6.17 Å². The first kappa shape index (κ1) is 16.5. The molecule has 0 aromatic heterocycles. The summed E-state index contributed by atoms with van der Waals surface area (Å²) in [5.41, 5.74) is 9.94. The summed E-state index contributed by atoms with van der Waals surface area (Å²) in [6, 6.07) is 24.9. The van der Waals surface area contributed by atoms with Crippen LogP contribution in [0.25, 0.3) is 0 Å². The lowest BCUT2D eigenvalue weighted by atomic mass is 10.1. The Morgan fingerprint density at radius 2 is 1.46 bits per heavy atom. The molecule has 2 amide bonds. The molecule has 0 spiro atoms. The first-order valence-electron chi connectivity index (χ1n) is 8.25. The highest BCUT2D eigenvalue weighted by molar-refractivity contribution is 8.01. The van der Waals surface area contributed by atoms with Crippen molar-refractivity contribution in [1.29, 1.82) is 0 Å². The van der Waals surface area contributed by atoms with Crippen molar-refractivity contribution >= 4 is 35.0 Å². The van der Waals surface area contributed by atoms with Gasteiger partial charge in [-0.25, -0.2) is 4.79 Å². The lowest BCUT2D eigenvalue weighted by Crippen LogP contribution is -2.24. The van der Waals surface area contributed by atoms with Gasteiger partial charge in [0, 0.05) is 27.5 Å². The van der Waals surface area contributed by atoms with Gasteiger partial charge in [-0.05, 0) is 54.4 Å². The molecule has 0 radical (unpaired) electrons. The van der Waals surface area contributed by atoms with Crippen molar-refractivity contribution in [3.05, 3.63) is 84.4 Å². The third kappa shape index (κ3) is 3.37. The van der Waals surface area contributed by atoms with E-state index in [-0.39, 0.29) is 12.2 Å². The fourth-order valence-electron chi connectivity index (χ4n) is 2.82. The van der Waals surface area contributed by atoms with E-state index in [1.165, 1.54) is 4.90 Å². The predicted molar refractivity (Wildman–Crippen MR) is 107 cm³/mol. The van der Waals surface area contributed by atoms with E-state index in [4.69, 9.17) is 5.73 Å². The van der Waals surface area contributed by atoms with E-state index in [0.717, 1.165) is 22.6 Å². The quantitative estimate of drug-likeness (QED) is 0.585. The number of benzene rings is 3. The fourth-order valence-corrected chi connectivity index (χ4v) is 3.92. The number of rotatable bonds is 3. The average molecular weight is 362 g/mol. The van der Waals surface area contributed by atoms with Gasteiger partial charge in [0.25, 0.3) is 0 Å². The van der Waals surface area contributed by atoms with E-state index in [2.05, 4.69) is 27.1 Å². The van der Waals surface area contributed by atoms with Crippen LogP contribution >= 0.6 is 11.9 Å². The van der Waals surface area contributed by atoms with E-state index in [1.807, 2.05) is 66.7 Å². The van der Waals surface area contributed by atoms with Gasteiger partial charge < -0.3 is 16.4 Å². The number of amides is 2. The van der Waals surface area contributed by atoms with Gasteiger partial charge in [0.2, 0.25) is 0 Å². The second-order valence-electron chi connectivity index (χ2n) is 5.89. The monoisotopic (exact) mass is 362 g/mol. The number of nitrogens with two attached hydrogens (primary N) is 1. The first-order valence-corrected chi connectivity index (χ1v) is 9.03. The number of fused-ring (bicyclic) bond motifs is 1. The Morgan fingerprint density at radius 1 is 0.846 bits per heavy atom. The second kappa shape index (κ2) is 7.11. The number of hydrogen-bond acceptors (Lipinski definition) is 4. The summed E-state index contributed by atoms with van der Waals surface area (Å²) in [4.78, 5) is 13.2. The van der Waals surface area contributed by atoms with Crippen molar-refractivity contribution in [3.8, 4) is 0 Å². The van der Waals surface area contributed by atoms with Gasteiger partial charge >= 0.3 is 6.03 Å². The van der Waals surface area contributed by atoms with Crippen molar-refractivity contribution in [3.63, 3.8) is 0 Å². The fraction of sp³-hybridized carbons (Fsp3) is 0.0500. The van der Waals surface area contributed by atoms with Gasteiger partial charge in [-0.1, -0.05) is 36.4 Å². The van der Waals surface area contributed by atoms with Crippen LogP contribution in [0.5, 0.6) is 0 Å². The maximum absolute atomic E-state index is 12.1. The Labute approximate surface area is 156 Å². The summed E-state index contributed by atoms with van der Waals surface area (Å²) >= 11 is 1.63. The Balaban J connectivity index is 1.42. The van der Waals surface area contributed by atoms with Gasteiger partial charge in [-0.2, -0.15) is 0 Å². The maximum atomic E-state index is 12.1. The van der Waals surface area contributed by atoms with Crippen LogP contribution < -0.4 is 20.7 Å². The summed E-state index contributed by atoms with van der Waals surface area (Å²) in [6.45, 7) is 0. The summed E-state index contributed by atoms with van der Waals surface area (Å²) in [7, 11) is 0. The summed E-state index contributed by atoms with van der Waals surface area (Å²) in [6.07, 6.45) is -0.184. The zero-order chi connectivity index (χ0) is 17.9. The molecule has 3 aromatic rings. The Bertz CT molecular complexity index is 915. The standard InChI is InChI=1S/C20H18N4OS/c21-19-17-8-4-5-9-18(17)26-24(19)16-12-10-15(11-13-16)23-20(25)22-14-6-2-1-3-7-14/h1-13,19H,21H2,(H2,22,23,25). The minimum Gasteiger partial charge on any atom is -0.308 e. The van der Waals surface area contributed by atoms with E-state index < -0.39 is 0 Å². The van der Waals surface area contributed by atoms with Gasteiger partial charge in [0.05, 0.1) is 0 Å². The molecule has 0 saturated carbocycles. The zero-order valence-electron chi connectivity index (χ0n) is 13.9. The highest BCUT2D eigenvalue weighted by Gasteiger charge is 2.28. The first-order chi connectivity index (χ1) is 12.7. The van der Waals surface area contributed by atoms with E-state index in [1.54, 1.807) is 11.9 Å². The molecule has 6 heteroatoms. The van der Waals surface area contributed by atoms with Gasteiger partial charge in [0.15, 0.2) is 0 Å². The van der Waals surface area contributed by atoms with Crippen molar-refractivity contribution in [2.75, 3.05) is 14.9 Å². The third-order valence-corrected chi connectivity index (χ3v) is 5.30. The van der Waals surface area contributed by atoms with Crippen LogP contribution in [0.2, 0.25) is 0 Å². The number of nitrogens with one attached hydrogen (secondary N) is 2. The topological polar surface area (TPSA) is 70.4 Å². The molecule has 1 heterocycles. The molecular formula is C20H18N4OS. The number of carbonyl (C=O) groups is 1. The molecule has 1 aliphatic heterocycles. The minimum absolute atomic E-state index is 0.184. The number of para-hydroxylation sites is 1. The largest absolute Gasteiger partial charge is 0.323 e. The van der Waals surface area contributed by atoms with E-state index >= 15 is 0 Å². The summed E-state index contributed by atoms with van der Waals surface area (Å²) in [5, 5.41) is 5.62. The van der Waals surface area contributed by atoms with E-state index in [0.29, 0.717) is 0 Å².